The first-order valence-electron chi connectivity index (χ1n) is 9.63. The Morgan fingerprint density at radius 3 is 2.59 bits per heavy atom. The third kappa shape index (κ3) is 3.62. The van der Waals surface area contributed by atoms with Gasteiger partial charge in [-0.3, -0.25) is 0 Å². The number of hydrazine groups is 1. The topological polar surface area (TPSA) is 95.6 Å². The lowest BCUT2D eigenvalue weighted by Crippen LogP contribution is -2.58. The van der Waals surface area contributed by atoms with E-state index >= 15 is 0 Å². The van der Waals surface area contributed by atoms with Gasteiger partial charge in [0.05, 0.1) is 11.2 Å². The van der Waals surface area contributed by atoms with Crippen LogP contribution in [0.15, 0.2) is 24.3 Å². The molecule has 1 saturated heterocycles. The zero-order chi connectivity index (χ0) is 20.8. The number of benzene rings is 1. The minimum absolute atomic E-state index is 0.0615. The first-order valence-corrected chi connectivity index (χ1v) is 10.0. The van der Waals surface area contributed by atoms with E-state index in [0.29, 0.717) is 25.9 Å². The summed E-state index contributed by atoms with van der Waals surface area (Å²) in [6, 6.07) is 6.50. The quantitative estimate of drug-likeness (QED) is 0.342. The van der Waals surface area contributed by atoms with E-state index in [2.05, 4.69) is 14.9 Å². The Bertz CT molecular complexity index is 931. The highest BCUT2D eigenvalue weighted by Gasteiger charge is 2.39. The molecule has 1 aromatic carbocycles. The third-order valence-electron chi connectivity index (χ3n) is 6.20. The van der Waals surface area contributed by atoms with Crippen molar-refractivity contribution in [2.75, 3.05) is 18.0 Å². The number of hydrogen-bond donors (Lipinski definition) is 2. The molecular weight excluding hydrogens is 397 g/mol. The van der Waals surface area contributed by atoms with Gasteiger partial charge in [-0.15, -0.1) is 0 Å². The van der Waals surface area contributed by atoms with Crippen LogP contribution in [0.25, 0.3) is 0 Å². The largest absolute Gasteiger partial charge is 0.464 e. The van der Waals surface area contributed by atoms with Crippen LogP contribution in [0.2, 0.25) is 5.28 Å². The maximum atomic E-state index is 13.3. The Morgan fingerprint density at radius 1 is 1.31 bits per heavy atom. The Kier molecular flexibility index (Phi) is 5.08. The van der Waals surface area contributed by atoms with Gasteiger partial charge in [-0.25, -0.2) is 30.0 Å². The van der Waals surface area contributed by atoms with Gasteiger partial charge in [0.2, 0.25) is 5.28 Å². The normalized spacial score (nSPS) is 20.4. The standard InChI is InChI=1S/C20H23ClFN5O2/c1-20(27(23)19(28)29)8-10-26(11-9-20)17-15-7-6-14(16(15)24-18(21)25-17)12-2-4-13(22)5-3-12/h2-5,14H,6-11,23H2,1H3,(H,28,29). The van der Waals surface area contributed by atoms with Crippen molar-refractivity contribution in [3.63, 3.8) is 0 Å². The molecule has 2 aliphatic rings. The fourth-order valence-electron chi connectivity index (χ4n) is 4.37. The third-order valence-corrected chi connectivity index (χ3v) is 6.37. The van der Waals surface area contributed by atoms with Crippen molar-refractivity contribution >= 4 is 23.5 Å². The Labute approximate surface area is 173 Å². The number of hydrogen-bond acceptors (Lipinski definition) is 5. The van der Waals surface area contributed by atoms with Crippen molar-refractivity contribution in [2.24, 2.45) is 5.84 Å². The molecular formula is C20H23ClFN5O2. The average Bonchev–Trinajstić information content (AvgIpc) is 3.11. The highest BCUT2D eigenvalue weighted by molar-refractivity contribution is 6.28. The van der Waals surface area contributed by atoms with Crippen molar-refractivity contribution in [2.45, 2.75) is 44.1 Å². The molecule has 1 unspecified atom stereocenters. The van der Waals surface area contributed by atoms with Crippen molar-refractivity contribution in [1.82, 2.24) is 15.0 Å². The van der Waals surface area contributed by atoms with E-state index in [-0.39, 0.29) is 17.0 Å². The van der Waals surface area contributed by atoms with Gasteiger partial charge in [0.15, 0.2) is 0 Å². The van der Waals surface area contributed by atoms with Crippen LogP contribution in [0, 0.1) is 5.82 Å². The molecule has 2 heterocycles. The summed E-state index contributed by atoms with van der Waals surface area (Å²) in [5.41, 5.74) is 2.36. The molecule has 154 valence electrons. The first kappa shape index (κ1) is 19.8. The number of fused-ring (bicyclic) bond motifs is 1. The second-order valence-corrected chi connectivity index (χ2v) is 8.30. The van der Waals surface area contributed by atoms with E-state index in [1.165, 1.54) is 12.1 Å². The first-order chi connectivity index (χ1) is 13.8. The number of nitrogens with two attached hydrogens (primary N) is 1. The number of carbonyl (C=O) groups is 1. The molecule has 1 aliphatic carbocycles. The van der Waals surface area contributed by atoms with Crippen LogP contribution in [0.3, 0.4) is 0 Å². The van der Waals surface area contributed by atoms with E-state index in [9.17, 15) is 14.3 Å². The Hall–Kier alpha value is -2.45. The van der Waals surface area contributed by atoms with Crippen molar-refractivity contribution in [1.29, 1.82) is 0 Å². The molecule has 29 heavy (non-hydrogen) atoms. The molecule has 9 heteroatoms. The number of rotatable bonds is 3. The van der Waals surface area contributed by atoms with Crippen LogP contribution in [-0.4, -0.2) is 44.8 Å². The maximum Gasteiger partial charge on any atom is 0.422 e. The number of carboxylic acid groups (broad SMARTS) is 1. The molecule has 3 N–H and O–H groups in total. The highest BCUT2D eigenvalue weighted by Crippen LogP contribution is 2.42. The summed E-state index contributed by atoms with van der Waals surface area (Å²) in [7, 11) is 0. The van der Waals surface area contributed by atoms with Crippen molar-refractivity contribution in [3.05, 3.63) is 52.2 Å². The van der Waals surface area contributed by atoms with E-state index < -0.39 is 11.6 Å². The molecule has 0 bridgehead atoms. The minimum Gasteiger partial charge on any atom is -0.464 e. The lowest BCUT2D eigenvalue weighted by molar-refractivity contribution is 0.0687. The zero-order valence-corrected chi connectivity index (χ0v) is 16.9. The van der Waals surface area contributed by atoms with Crippen LogP contribution >= 0.6 is 11.6 Å². The Balaban J connectivity index is 1.60. The SMILES string of the molecule is CC1(N(N)C(=O)O)CCN(c2nc(Cl)nc3c2CCC3c2ccc(F)cc2)CC1. The fourth-order valence-corrected chi connectivity index (χ4v) is 4.54. The van der Waals surface area contributed by atoms with Crippen LogP contribution in [-0.2, 0) is 6.42 Å². The molecule has 1 amide bonds. The molecule has 1 aromatic heterocycles. The van der Waals surface area contributed by atoms with E-state index in [0.717, 1.165) is 40.5 Å². The van der Waals surface area contributed by atoms with Gasteiger partial charge < -0.3 is 10.0 Å². The lowest BCUT2D eigenvalue weighted by Gasteiger charge is -2.43. The molecule has 0 saturated carbocycles. The maximum absolute atomic E-state index is 13.3. The average molecular weight is 420 g/mol. The van der Waals surface area contributed by atoms with Gasteiger partial charge in [0.25, 0.3) is 0 Å². The number of nitrogens with zero attached hydrogens (tertiary/aromatic N) is 4. The Morgan fingerprint density at radius 2 is 1.97 bits per heavy atom. The van der Waals surface area contributed by atoms with Crippen LogP contribution < -0.4 is 10.7 Å². The van der Waals surface area contributed by atoms with Gasteiger partial charge in [-0.05, 0) is 61.9 Å². The van der Waals surface area contributed by atoms with Gasteiger partial charge in [0.1, 0.15) is 11.6 Å². The molecule has 1 fully saturated rings. The van der Waals surface area contributed by atoms with Gasteiger partial charge in [-0.1, -0.05) is 12.1 Å². The predicted octanol–water partition coefficient (Wildman–Crippen LogP) is 3.56. The molecule has 0 radical (unpaired) electrons. The highest BCUT2D eigenvalue weighted by atomic mass is 35.5. The van der Waals surface area contributed by atoms with Crippen LogP contribution in [0.5, 0.6) is 0 Å². The summed E-state index contributed by atoms with van der Waals surface area (Å²) in [6.07, 6.45) is 1.73. The summed E-state index contributed by atoms with van der Waals surface area (Å²) in [5.74, 6) is 6.37. The number of aromatic nitrogens is 2. The van der Waals surface area contributed by atoms with Crippen LogP contribution in [0.4, 0.5) is 15.0 Å². The minimum atomic E-state index is -1.13. The predicted molar refractivity (Wildman–Crippen MR) is 108 cm³/mol. The summed E-state index contributed by atoms with van der Waals surface area (Å²) in [6.45, 7) is 3.11. The zero-order valence-electron chi connectivity index (χ0n) is 16.1. The van der Waals surface area contributed by atoms with Gasteiger partial charge in [-0.2, -0.15) is 0 Å². The molecule has 4 rings (SSSR count). The van der Waals surface area contributed by atoms with E-state index in [4.69, 9.17) is 17.4 Å². The second kappa shape index (κ2) is 7.42. The van der Waals surface area contributed by atoms with E-state index in [1.807, 2.05) is 6.92 Å². The number of anilines is 1. The van der Waals surface area contributed by atoms with Gasteiger partial charge in [0, 0.05) is 24.6 Å². The smallest absolute Gasteiger partial charge is 0.422 e. The second-order valence-electron chi connectivity index (χ2n) is 7.96. The summed E-state index contributed by atoms with van der Waals surface area (Å²) in [4.78, 5) is 22.4. The van der Waals surface area contributed by atoms with Gasteiger partial charge >= 0.3 is 6.09 Å². The van der Waals surface area contributed by atoms with Crippen LogP contribution in [0.1, 0.15) is 48.9 Å². The number of halogens is 2. The summed E-state index contributed by atoms with van der Waals surface area (Å²) < 4.78 is 13.3. The fraction of sp³-hybridized carbons (Fsp3) is 0.450. The van der Waals surface area contributed by atoms with E-state index in [1.54, 1.807) is 12.1 Å². The molecule has 0 spiro atoms. The lowest BCUT2D eigenvalue weighted by atomic mass is 9.89. The van der Waals surface area contributed by atoms with Crippen molar-refractivity contribution in [3.8, 4) is 0 Å². The monoisotopic (exact) mass is 419 g/mol. The van der Waals surface area contributed by atoms with Crippen molar-refractivity contribution < 1.29 is 14.3 Å². The number of piperidine rings is 1. The number of amides is 1. The molecule has 1 atom stereocenters. The molecule has 2 aromatic rings. The summed E-state index contributed by atoms with van der Waals surface area (Å²) >= 11 is 6.26. The molecule has 1 aliphatic heterocycles. The summed E-state index contributed by atoms with van der Waals surface area (Å²) in [5, 5.41) is 10.3. The molecule has 7 nitrogen and oxygen atoms in total.